The number of hydrogen-bond donors (Lipinski definition) is 0. The van der Waals surface area contributed by atoms with Gasteiger partial charge in [-0.25, -0.2) is 9.97 Å². The number of halogens is 2. The van der Waals surface area contributed by atoms with E-state index in [1.165, 1.54) is 0 Å². The summed E-state index contributed by atoms with van der Waals surface area (Å²) in [5, 5.41) is 0.745. The van der Waals surface area contributed by atoms with Crippen LogP contribution in [0.3, 0.4) is 0 Å². The smallest absolute Gasteiger partial charge is 0.261 e. The molecule has 2 aromatic rings. The van der Waals surface area contributed by atoms with Gasteiger partial charge in [0.25, 0.3) is 5.56 Å². The van der Waals surface area contributed by atoms with Crippen molar-refractivity contribution in [1.29, 1.82) is 0 Å². The second kappa shape index (κ2) is 4.31. The van der Waals surface area contributed by atoms with Crippen LogP contribution in [0, 0.1) is 0 Å². The summed E-state index contributed by atoms with van der Waals surface area (Å²) in [5.74, 6) is 0.713. The predicted octanol–water partition coefficient (Wildman–Crippen LogP) is 3.04. The van der Waals surface area contributed by atoms with Crippen molar-refractivity contribution >= 4 is 38.4 Å². The lowest BCUT2D eigenvalue weighted by Crippen LogP contribution is -2.29. The summed E-state index contributed by atoms with van der Waals surface area (Å²) in [4.78, 5) is 20.9. The molecule has 96 valence electrons. The first kappa shape index (κ1) is 13.5. The van der Waals surface area contributed by atoms with Crippen molar-refractivity contribution in [2.24, 2.45) is 7.05 Å². The molecule has 0 radical (unpaired) electrons. The van der Waals surface area contributed by atoms with Crippen LogP contribution in [0.4, 0.5) is 0 Å². The predicted molar refractivity (Wildman–Crippen MR) is 76.2 cm³/mol. The minimum atomic E-state index is -0.221. The molecule has 0 atom stereocenters. The van der Waals surface area contributed by atoms with Crippen molar-refractivity contribution in [3.8, 4) is 0 Å². The Balaban J connectivity index is 2.98. The molecule has 2 aromatic heterocycles. The largest absolute Gasteiger partial charge is 0.299 e. The molecule has 0 saturated heterocycles. The van der Waals surface area contributed by atoms with Crippen LogP contribution >= 0.6 is 27.5 Å². The summed E-state index contributed by atoms with van der Waals surface area (Å²) in [6, 6.07) is 1.55. The maximum Gasteiger partial charge on any atom is 0.261 e. The zero-order valence-corrected chi connectivity index (χ0v) is 12.9. The summed E-state index contributed by atoms with van der Waals surface area (Å²) < 4.78 is 2.05. The minimum Gasteiger partial charge on any atom is -0.299 e. The van der Waals surface area contributed by atoms with E-state index in [9.17, 15) is 4.79 Å². The highest BCUT2D eigenvalue weighted by molar-refractivity contribution is 9.10. The summed E-state index contributed by atoms with van der Waals surface area (Å²) in [6.45, 7) is 6.04. The molecule has 0 aliphatic rings. The van der Waals surface area contributed by atoms with E-state index in [-0.39, 0.29) is 16.1 Å². The summed E-state index contributed by atoms with van der Waals surface area (Å²) in [6.07, 6.45) is 0. The van der Waals surface area contributed by atoms with E-state index in [4.69, 9.17) is 11.6 Å². The average molecular weight is 331 g/mol. The van der Waals surface area contributed by atoms with Crippen molar-refractivity contribution in [2.45, 2.75) is 26.2 Å². The average Bonchev–Trinajstić information content (AvgIpc) is 2.22. The van der Waals surface area contributed by atoms with Gasteiger partial charge in [0.1, 0.15) is 21.1 Å². The topological polar surface area (TPSA) is 47.8 Å². The van der Waals surface area contributed by atoms with Crippen LogP contribution in [0.1, 0.15) is 26.6 Å². The van der Waals surface area contributed by atoms with Crippen molar-refractivity contribution in [1.82, 2.24) is 14.5 Å². The van der Waals surface area contributed by atoms with Gasteiger partial charge in [-0.3, -0.25) is 9.36 Å². The Bertz CT molecular complexity index is 688. The number of nitrogens with zero attached hydrogens (tertiary/aromatic N) is 3. The Morgan fingerprint density at radius 2 is 1.94 bits per heavy atom. The standard InChI is InChI=1S/C12H13BrClN3O/c1-12(2,3)11-16-8-6(10(18)17(11)4)5-7(14)15-9(8)13/h5H,1-4H3. The fourth-order valence-electron chi connectivity index (χ4n) is 1.88. The summed E-state index contributed by atoms with van der Waals surface area (Å²) >= 11 is 9.16. The molecule has 0 aliphatic carbocycles. The van der Waals surface area contributed by atoms with Gasteiger partial charge in [-0.05, 0) is 22.0 Å². The number of aromatic nitrogens is 3. The molecule has 0 spiro atoms. The van der Waals surface area contributed by atoms with Gasteiger partial charge in [-0.15, -0.1) is 0 Å². The Morgan fingerprint density at radius 1 is 1.33 bits per heavy atom. The highest BCUT2D eigenvalue weighted by Gasteiger charge is 2.22. The van der Waals surface area contributed by atoms with Gasteiger partial charge in [-0.1, -0.05) is 32.4 Å². The number of pyridine rings is 1. The molecule has 0 fully saturated rings. The second-order valence-corrected chi connectivity index (χ2v) is 6.32. The molecule has 0 amide bonds. The molecule has 0 saturated carbocycles. The first-order chi connectivity index (χ1) is 8.21. The van der Waals surface area contributed by atoms with E-state index in [1.54, 1.807) is 17.7 Å². The van der Waals surface area contributed by atoms with Gasteiger partial charge < -0.3 is 0 Å². The molecule has 0 unspecified atom stereocenters. The molecule has 0 bridgehead atoms. The normalized spacial score (nSPS) is 12.1. The fourth-order valence-corrected chi connectivity index (χ4v) is 2.66. The van der Waals surface area contributed by atoms with E-state index in [0.29, 0.717) is 21.3 Å². The number of fused-ring (bicyclic) bond motifs is 1. The quantitative estimate of drug-likeness (QED) is 0.698. The van der Waals surface area contributed by atoms with Crippen molar-refractivity contribution in [3.63, 3.8) is 0 Å². The Morgan fingerprint density at radius 3 is 2.50 bits per heavy atom. The van der Waals surface area contributed by atoms with Crippen molar-refractivity contribution in [2.75, 3.05) is 0 Å². The Hall–Kier alpha value is -0.940. The molecule has 0 aromatic carbocycles. The van der Waals surface area contributed by atoms with Gasteiger partial charge in [0.2, 0.25) is 0 Å². The molecule has 2 heterocycles. The maximum absolute atomic E-state index is 12.3. The molecular formula is C12H13BrClN3O. The Kier molecular flexibility index (Phi) is 3.23. The molecule has 4 nitrogen and oxygen atoms in total. The summed E-state index contributed by atoms with van der Waals surface area (Å²) in [5.41, 5.74) is 0.212. The lowest BCUT2D eigenvalue weighted by molar-refractivity contribution is 0.509. The van der Waals surface area contributed by atoms with Crippen LogP contribution in [0.5, 0.6) is 0 Å². The molecular weight excluding hydrogens is 318 g/mol. The molecule has 6 heteroatoms. The lowest BCUT2D eigenvalue weighted by atomic mass is 9.95. The highest BCUT2D eigenvalue weighted by Crippen LogP contribution is 2.25. The Labute approximate surface area is 118 Å². The van der Waals surface area contributed by atoms with Gasteiger partial charge >= 0.3 is 0 Å². The first-order valence-corrected chi connectivity index (χ1v) is 6.62. The zero-order chi connectivity index (χ0) is 13.7. The van der Waals surface area contributed by atoms with Gasteiger partial charge in [0.15, 0.2) is 0 Å². The molecule has 0 N–H and O–H groups in total. The van der Waals surface area contributed by atoms with Crippen LogP contribution in [-0.2, 0) is 12.5 Å². The third kappa shape index (κ3) is 2.17. The van der Waals surface area contributed by atoms with Gasteiger partial charge in [-0.2, -0.15) is 0 Å². The number of rotatable bonds is 0. The first-order valence-electron chi connectivity index (χ1n) is 5.45. The van der Waals surface area contributed by atoms with Crippen molar-refractivity contribution in [3.05, 3.63) is 32.0 Å². The third-order valence-electron chi connectivity index (χ3n) is 2.66. The lowest BCUT2D eigenvalue weighted by Gasteiger charge is -2.21. The van der Waals surface area contributed by atoms with E-state index in [2.05, 4.69) is 25.9 Å². The highest BCUT2D eigenvalue weighted by atomic mass is 79.9. The minimum absolute atomic E-state index is 0.116. The summed E-state index contributed by atoms with van der Waals surface area (Å²) in [7, 11) is 1.72. The van der Waals surface area contributed by atoms with Crippen molar-refractivity contribution < 1.29 is 0 Å². The van der Waals surface area contributed by atoms with Crippen LogP contribution in [0.2, 0.25) is 5.15 Å². The third-order valence-corrected chi connectivity index (χ3v) is 3.41. The SMILES string of the molecule is Cn1c(C(C)(C)C)nc2c(Br)nc(Cl)cc2c1=O. The van der Waals surface area contributed by atoms with Crippen LogP contribution in [-0.4, -0.2) is 14.5 Å². The fraction of sp³-hybridized carbons (Fsp3) is 0.417. The van der Waals surface area contributed by atoms with E-state index in [1.807, 2.05) is 20.8 Å². The maximum atomic E-state index is 12.3. The van der Waals surface area contributed by atoms with Crippen LogP contribution in [0.15, 0.2) is 15.5 Å². The van der Waals surface area contributed by atoms with Crippen LogP contribution < -0.4 is 5.56 Å². The monoisotopic (exact) mass is 329 g/mol. The molecule has 2 rings (SSSR count). The molecule has 0 aliphatic heterocycles. The number of hydrogen-bond acceptors (Lipinski definition) is 3. The molecule has 18 heavy (non-hydrogen) atoms. The van der Waals surface area contributed by atoms with Gasteiger partial charge in [0, 0.05) is 12.5 Å². The van der Waals surface area contributed by atoms with Gasteiger partial charge in [0.05, 0.1) is 5.39 Å². The second-order valence-electron chi connectivity index (χ2n) is 5.18. The van der Waals surface area contributed by atoms with E-state index < -0.39 is 0 Å². The van der Waals surface area contributed by atoms with E-state index >= 15 is 0 Å². The zero-order valence-electron chi connectivity index (χ0n) is 10.6. The van der Waals surface area contributed by atoms with E-state index in [0.717, 1.165) is 0 Å². The van der Waals surface area contributed by atoms with Crippen LogP contribution in [0.25, 0.3) is 10.9 Å².